The second kappa shape index (κ2) is 9.44. The molecule has 3 rings (SSSR count). The molecule has 0 saturated carbocycles. The van der Waals surface area contributed by atoms with Gasteiger partial charge in [0.25, 0.3) is 0 Å². The maximum absolute atomic E-state index is 9.75. The molecule has 0 aliphatic rings. The molecule has 0 fully saturated rings. The number of halogens is 4. The Morgan fingerprint density at radius 1 is 0.964 bits per heavy atom. The summed E-state index contributed by atoms with van der Waals surface area (Å²) >= 11 is 0. The Morgan fingerprint density at radius 3 is 2.11 bits per heavy atom. The third-order valence-electron chi connectivity index (χ3n) is 3.81. The third-order valence-corrected chi connectivity index (χ3v) is 3.81. The minimum Gasteiger partial charge on any atom is -0.479 e. The first-order chi connectivity index (χ1) is 13.2. The molecule has 8 heteroatoms. The van der Waals surface area contributed by atoms with Crippen LogP contribution in [-0.2, 0) is 6.54 Å². The molecule has 0 N–H and O–H groups in total. The molecule has 150 valence electrons. The Balaban J connectivity index is 0.000000500. The highest BCUT2D eigenvalue weighted by molar-refractivity contribution is 6.50. The predicted molar refractivity (Wildman–Crippen MR) is 106 cm³/mol. The van der Waals surface area contributed by atoms with Gasteiger partial charge in [-0.1, -0.05) is 48.5 Å². The lowest BCUT2D eigenvalue weighted by Crippen LogP contribution is -2.07. The summed E-state index contributed by atoms with van der Waals surface area (Å²) in [5, 5.41) is 1.22. The van der Waals surface area contributed by atoms with Gasteiger partial charge in [0.1, 0.15) is 19.7 Å². The quantitative estimate of drug-likeness (QED) is 0.255. The molecule has 1 heterocycles. The molecule has 1 aromatic heterocycles. The summed E-state index contributed by atoms with van der Waals surface area (Å²) in [6.07, 6.45) is 2.13. The van der Waals surface area contributed by atoms with E-state index in [0.717, 1.165) is 18.0 Å². The molecule has 0 spiro atoms. The van der Waals surface area contributed by atoms with E-state index in [9.17, 15) is 17.3 Å². The highest BCUT2D eigenvalue weighted by atomic mass is 19.5. The monoisotopic (exact) mass is 394 g/mol. The van der Waals surface area contributed by atoms with Gasteiger partial charge in [0, 0.05) is 5.39 Å². The van der Waals surface area contributed by atoms with Gasteiger partial charge in [0.15, 0.2) is 6.21 Å². The van der Waals surface area contributed by atoms with Gasteiger partial charge in [-0.05, 0) is 18.6 Å². The lowest BCUT2D eigenvalue weighted by Gasteiger charge is -2.11. The van der Waals surface area contributed by atoms with E-state index in [4.69, 9.17) is 4.74 Å². The molecule has 3 aromatic rings. The van der Waals surface area contributed by atoms with Crippen molar-refractivity contribution in [2.75, 3.05) is 20.7 Å². The molecule has 0 amide bonds. The second-order valence-electron chi connectivity index (χ2n) is 6.33. The zero-order valence-corrected chi connectivity index (χ0v) is 16.1. The van der Waals surface area contributed by atoms with Gasteiger partial charge in [-0.25, -0.2) is 4.58 Å². The van der Waals surface area contributed by atoms with Crippen molar-refractivity contribution >= 4 is 24.4 Å². The van der Waals surface area contributed by atoms with Crippen molar-refractivity contribution in [3.8, 4) is 5.88 Å². The van der Waals surface area contributed by atoms with E-state index in [0.29, 0.717) is 6.61 Å². The van der Waals surface area contributed by atoms with Gasteiger partial charge in [-0.2, -0.15) is 0 Å². The van der Waals surface area contributed by atoms with E-state index in [2.05, 4.69) is 63.9 Å². The first kappa shape index (κ1) is 21.5. The highest BCUT2D eigenvalue weighted by Gasteiger charge is 2.21. The average molecular weight is 394 g/mol. The lowest BCUT2D eigenvalue weighted by atomic mass is 10.2. The number of hydrogen-bond acceptors (Lipinski definition) is 1. The van der Waals surface area contributed by atoms with Crippen LogP contribution >= 0.6 is 0 Å². The molecular formula is C20H23BF4N2O. The Morgan fingerprint density at radius 2 is 1.54 bits per heavy atom. The van der Waals surface area contributed by atoms with Crippen LogP contribution in [-0.4, -0.2) is 43.3 Å². The molecular weight excluding hydrogens is 371 g/mol. The molecule has 0 aliphatic carbocycles. The normalized spacial score (nSPS) is 11.0. The SMILES string of the molecule is CCOc1c(C=[N+](C)C)c2ccccc2n1Cc1ccccc1.F[B-](F)(F)F. The molecule has 0 saturated heterocycles. The van der Waals surface area contributed by atoms with Gasteiger partial charge in [0.2, 0.25) is 5.88 Å². The molecule has 0 aliphatic heterocycles. The highest BCUT2D eigenvalue weighted by Crippen LogP contribution is 2.31. The topological polar surface area (TPSA) is 17.2 Å². The number of aromatic nitrogens is 1. The summed E-state index contributed by atoms with van der Waals surface area (Å²) < 4.78 is 49.4. The number of para-hydroxylation sites is 1. The van der Waals surface area contributed by atoms with Crippen LogP contribution in [0.5, 0.6) is 5.88 Å². The average Bonchev–Trinajstić information content (AvgIpc) is 2.88. The van der Waals surface area contributed by atoms with Crippen molar-refractivity contribution < 1.29 is 26.6 Å². The van der Waals surface area contributed by atoms with E-state index in [1.807, 2.05) is 27.1 Å². The number of benzene rings is 2. The van der Waals surface area contributed by atoms with Crippen LogP contribution in [0.15, 0.2) is 54.6 Å². The smallest absolute Gasteiger partial charge is 0.479 e. The van der Waals surface area contributed by atoms with Crippen molar-refractivity contribution in [1.82, 2.24) is 4.57 Å². The Labute approximate surface area is 162 Å². The summed E-state index contributed by atoms with van der Waals surface area (Å²) in [4.78, 5) is 0. The first-order valence-electron chi connectivity index (χ1n) is 8.87. The summed E-state index contributed by atoms with van der Waals surface area (Å²) in [7, 11) is -1.92. The summed E-state index contributed by atoms with van der Waals surface area (Å²) in [6.45, 7) is 3.49. The van der Waals surface area contributed by atoms with Gasteiger partial charge >= 0.3 is 7.25 Å². The minimum absolute atomic E-state index is 0.652. The van der Waals surface area contributed by atoms with Crippen molar-refractivity contribution in [3.05, 3.63) is 65.7 Å². The molecule has 0 bridgehead atoms. The Bertz CT molecular complexity index is 927. The maximum Gasteiger partial charge on any atom is 0.673 e. The van der Waals surface area contributed by atoms with Crippen LogP contribution in [0.4, 0.5) is 17.3 Å². The zero-order valence-electron chi connectivity index (χ0n) is 16.1. The largest absolute Gasteiger partial charge is 0.673 e. The van der Waals surface area contributed by atoms with E-state index >= 15 is 0 Å². The van der Waals surface area contributed by atoms with E-state index < -0.39 is 7.25 Å². The maximum atomic E-state index is 9.75. The number of fused-ring (bicyclic) bond motifs is 1. The summed E-state index contributed by atoms with van der Waals surface area (Å²) in [5.74, 6) is 0.936. The molecule has 0 radical (unpaired) electrons. The standard InChI is InChI=1S/C20H23N2O.BF4/c1-4-23-20-18(15-21(2)3)17-12-8-9-13-19(17)22(20)14-16-10-6-5-7-11-16;2-1(3,4)5/h5-13,15H,4,14H2,1-3H3;/q+1;-1. The number of nitrogens with zero attached hydrogens (tertiary/aromatic N) is 2. The molecule has 3 nitrogen and oxygen atoms in total. The number of rotatable bonds is 5. The molecule has 0 atom stereocenters. The summed E-state index contributed by atoms with van der Waals surface area (Å²) in [6, 6.07) is 19.0. The number of hydrogen-bond donors (Lipinski definition) is 0. The van der Waals surface area contributed by atoms with Crippen LogP contribution in [0.3, 0.4) is 0 Å². The van der Waals surface area contributed by atoms with Gasteiger partial charge in [0.05, 0.1) is 18.7 Å². The fourth-order valence-electron chi connectivity index (χ4n) is 2.91. The number of ether oxygens (including phenoxy) is 1. The molecule has 2 aromatic carbocycles. The molecule has 0 unspecified atom stereocenters. The van der Waals surface area contributed by atoms with Crippen LogP contribution < -0.4 is 4.74 Å². The van der Waals surface area contributed by atoms with Crippen molar-refractivity contribution in [3.63, 3.8) is 0 Å². The van der Waals surface area contributed by atoms with Crippen molar-refractivity contribution in [1.29, 1.82) is 0 Å². The van der Waals surface area contributed by atoms with E-state index in [1.165, 1.54) is 16.5 Å². The van der Waals surface area contributed by atoms with Gasteiger partial charge in [-0.3, -0.25) is 0 Å². The molecule has 28 heavy (non-hydrogen) atoms. The first-order valence-corrected chi connectivity index (χ1v) is 8.87. The predicted octanol–water partition coefficient (Wildman–Crippen LogP) is 5.08. The van der Waals surface area contributed by atoms with Gasteiger partial charge < -0.3 is 26.6 Å². The van der Waals surface area contributed by atoms with Crippen molar-refractivity contribution in [2.45, 2.75) is 13.5 Å². The van der Waals surface area contributed by atoms with E-state index in [-0.39, 0.29) is 0 Å². The third kappa shape index (κ3) is 6.15. The Hall–Kier alpha value is -2.77. The second-order valence-corrected chi connectivity index (χ2v) is 6.33. The van der Waals surface area contributed by atoms with Crippen LogP contribution in [0.1, 0.15) is 18.1 Å². The fourth-order valence-corrected chi connectivity index (χ4v) is 2.91. The van der Waals surface area contributed by atoms with Crippen LogP contribution in [0.2, 0.25) is 0 Å². The van der Waals surface area contributed by atoms with E-state index in [1.54, 1.807) is 0 Å². The van der Waals surface area contributed by atoms with Gasteiger partial charge in [-0.15, -0.1) is 0 Å². The van der Waals surface area contributed by atoms with Crippen LogP contribution in [0.25, 0.3) is 10.9 Å². The Kier molecular flexibility index (Phi) is 7.26. The fraction of sp³-hybridized carbons (Fsp3) is 0.250. The lowest BCUT2D eigenvalue weighted by molar-refractivity contribution is -0.458. The van der Waals surface area contributed by atoms with Crippen LogP contribution in [0, 0.1) is 0 Å². The van der Waals surface area contributed by atoms with Crippen molar-refractivity contribution in [2.24, 2.45) is 0 Å². The minimum atomic E-state index is -6.00. The zero-order chi connectivity index (χ0) is 20.7. The summed E-state index contributed by atoms with van der Waals surface area (Å²) in [5.41, 5.74) is 3.61.